The molecule has 144 valence electrons. The molecule has 0 saturated carbocycles. The third kappa shape index (κ3) is 3.60. The maximum atomic E-state index is 11.2. The van der Waals surface area contributed by atoms with E-state index in [0.29, 0.717) is 28.6 Å². The summed E-state index contributed by atoms with van der Waals surface area (Å²) in [7, 11) is 0. The Kier molecular flexibility index (Phi) is 4.60. The molecule has 0 atom stereocenters. The highest BCUT2D eigenvalue weighted by molar-refractivity contribution is 5.89. The third-order valence-corrected chi connectivity index (χ3v) is 4.85. The molecule has 29 heavy (non-hydrogen) atoms. The number of aromatic carboxylic acids is 1. The normalized spacial score (nSPS) is 13.1. The second-order valence-electron chi connectivity index (χ2n) is 7.04. The van der Waals surface area contributed by atoms with E-state index >= 15 is 0 Å². The maximum Gasteiger partial charge on any atom is 0.335 e. The molecule has 0 radical (unpaired) electrons. The Balaban J connectivity index is 1.88. The number of carboxylic acid groups (broad SMARTS) is 1. The second-order valence-corrected chi connectivity index (χ2v) is 7.04. The van der Waals surface area contributed by atoms with Gasteiger partial charge < -0.3 is 16.6 Å². The summed E-state index contributed by atoms with van der Waals surface area (Å²) in [5, 5.41) is 9.16. The Morgan fingerprint density at radius 2 is 1.45 bits per heavy atom. The lowest BCUT2D eigenvalue weighted by Crippen LogP contribution is -2.05. The van der Waals surface area contributed by atoms with Gasteiger partial charge in [-0.1, -0.05) is 42.0 Å². The van der Waals surface area contributed by atoms with Crippen LogP contribution in [0, 0.1) is 0 Å². The molecule has 0 fully saturated rings. The van der Waals surface area contributed by atoms with Gasteiger partial charge in [0.15, 0.2) is 0 Å². The van der Waals surface area contributed by atoms with Crippen LogP contribution in [0.4, 0.5) is 11.5 Å². The monoisotopic (exact) mass is 384 g/mol. The zero-order chi connectivity index (χ0) is 20.5. The fourth-order valence-electron chi connectivity index (χ4n) is 3.32. The fourth-order valence-corrected chi connectivity index (χ4v) is 3.32. The van der Waals surface area contributed by atoms with Gasteiger partial charge >= 0.3 is 5.97 Å². The van der Waals surface area contributed by atoms with E-state index in [1.165, 1.54) is 5.57 Å². The maximum absolute atomic E-state index is 11.2. The molecular weight excluding hydrogens is 364 g/mol. The molecule has 0 unspecified atom stereocenters. The van der Waals surface area contributed by atoms with Crippen LogP contribution >= 0.6 is 0 Å². The van der Waals surface area contributed by atoms with E-state index < -0.39 is 5.97 Å². The van der Waals surface area contributed by atoms with Crippen molar-refractivity contribution in [3.63, 3.8) is 0 Å². The molecule has 0 aliphatic heterocycles. The molecular formula is C23H20N4O2. The Hall–Kier alpha value is -3.93. The number of carbonyl (C=O) groups is 1. The van der Waals surface area contributed by atoms with Crippen LogP contribution in [-0.2, 0) is 0 Å². The van der Waals surface area contributed by atoms with Crippen LogP contribution in [0.5, 0.6) is 0 Å². The number of hydrogen-bond acceptors (Lipinski definition) is 5. The van der Waals surface area contributed by atoms with E-state index in [-0.39, 0.29) is 5.56 Å². The zero-order valence-corrected chi connectivity index (χ0v) is 15.9. The Morgan fingerprint density at radius 3 is 2.00 bits per heavy atom. The van der Waals surface area contributed by atoms with E-state index in [4.69, 9.17) is 21.6 Å². The number of allylic oxidation sites excluding steroid dienone is 4. The van der Waals surface area contributed by atoms with Gasteiger partial charge in [-0.15, -0.1) is 0 Å². The highest BCUT2D eigenvalue weighted by atomic mass is 16.4. The summed E-state index contributed by atoms with van der Waals surface area (Å²) in [6, 6.07) is 13.9. The van der Waals surface area contributed by atoms with Crippen molar-refractivity contribution in [3.05, 3.63) is 77.5 Å². The lowest BCUT2D eigenvalue weighted by atomic mass is 10.0. The first-order valence-electron chi connectivity index (χ1n) is 9.16. The molecule has 4 rings (SSSR count). The first kappa shape index (κ1) is 18.4. The first-order valence-corrected chi connectivity index (χ1v) is 9.16. The zero-order valence-electron chi connectivity index (χ0n) is 15.9. The van der Waals surface area contributed by atoms with Crippen LogP contribution in [0.3, 0.4) is 0 Å². The van der Waals surface area contributed by atoms with Crippen molar-refractivity contribution < 1.29 is 9.90 Å². The highest BCUT2D eigenvalue weighted by Gasteiger charge is 2.19. The standard InChI is InChI=1S/C23H20N4O2/c1-13-2-3-17(12-13)21-22(25)27-20(14-4-6-16(7-5-14)23(28)29)19(26-21)15-8-10-18(24)11-9-15/h2-11H,12,24H2,1H3,(H2,25,27)(H,28,29). The molecule has 1 aliphatic carbocycles. The van der Waals surface area contributed by atoms with E-state index in [1.54, 1.807) is 24.3 Å². The SMILES string of the molecule is CC1=CC=C(c2nc(-c3ccc(N)cc3)c(-c3ccc(C(=O)O)cc3)nc2N)C1. The van der Waals surface area contributed by atoms with Gasteiger partial charge in [0.25, 0.3) is 0 Å². The molecule has 6 nitrogen and oxygen atoms in total. The Morgan fingerprint density at radius 1 is 0.862 bits per heavy atom. The predicted octanol–water partition coefficient (Wildman–Crippen LogP) is 4.41. The molecule has 0 amide bonds. The number of aromatic nitrogens is 2. The van der Waals surface area contributed by atoms with Crippen LogP contribution in [0.15, 0.2) is 66.3 Å². The van der Waals surface area contributed by atoms with Crippen LogP contribution in [0.25, 0.3) is 28.1 Å². The van der Waals surface area contributed by atoms with Crippen LogP contribution < -0.4 is 11.5 Å². The summed E-state index contributed by atoms with van der Waals surface area (Å²) >= 11 is 0. The highest BCUT2D eigenvalue weighted by Crippen LogP contribution is 2.35. The minimum atomic E-state index is -0.979. The van der Waals surface area contributed by atoms with Crippen LogP contribution in [0.1, 0.15) is 29.4 Å². The van der Waals surface area contributed by atoms with Crippen LogP contribution in [-0.4, -0.2) is 21.0 Å². The molecule has 3 aromatic rings. The smallest absolute Gasteiger partial charge is 0.335 e. The molecule has 6 heteroatoms. The van der Waals surface area contributed by atoms with E-state index in [9.17, 15) is 4.79 Å². The summed E-state index contributed by atoms with van der Waals surface area (Å²) in [4.78, 5) is 20.7. The van der Waals surface area contributed by atoms with E-state index in [0.717, 1.165) is 23.1 Å². The number of nitrogen functional groups attached to an aromatic ring is 2. The minimum absolute atomic E-state index is 0.206. The van der Waals surface area contributed by atoms with Gasteiger partial charge in [0.1, 0.15) is 11.5 Å². The van der Waals surface area contributed by atoms with Gasteiger partial charge in [-0.3, -0.25) is 0 Å². The summed E-state index contributed by atoms with van der Waals surface area (Å²) < 4.78 is 0. The van der Waals surface area contributed by atoms with E-state index in [2.05, 4.69) is 18.0 Å². The second kappa shape index (κ2) is 7.24. The van der Waals surface area contributed by atoms with Gasteiger partial charge in [0, 0.05) is 16.8 Å². The Labute approximate surface area is 168 Å². The molecule has 5 N–H and O–H groups in total. The van der Waals surface area contributed by atoms with Crippen LogP contribution in [0.2, 0.25) is 0 Å². The predicted molar refractivity (Wildman–Crippen MR) is 115 cm³/mol. The summed E-state index contributed by atoms with van der Waals surface area (Å²) in [5.41, 5.74) is 18.8. The van der Waals surface area contributed by atoms with Crippen molar-refractivity contribution in [2.24, 2.45) is 0 Å². The van der Waals surface area contributed by atoms with Crippen molar-refractivity contribution in [1.29, 1.82) is 0 Å². The molecule has 1 heterocycles. The molecule has 2 aromatic carbocycles. The Bertz CT molecular complexity index is 1160. The number of anilines is 2. The van der Waals surface area contributed by atoms with Crippen molar-refractivity contribution in [1.82, 2.24) is 9.97 Å². The average Bonchev–Trinajstić information content (AvgIpc) is 3.14. The average molecular weight is 384 g/mol. The van der Waals surface area contributed by atoms with Crippen molar-refractivity contribution in [2.45, 2.75) is 13.3 Å². The lowest BCUT2D eigenvalue weighted by molar-refractivity contribution is 0.0697. The fraction of sp³-hybridized carbons (Fsp3) is 0.0870. The molecule has 0 saturated heterocycles. The number of nitrogens with two attached hydrogens (primary N) is 2. The van der Waals surface area contributed by atoms with Gasteiger partial charge in [0.2, 0.25) is 0 Å². The topological polar surface area (TPSA) is 115 Å². The van der Waals surface area contributed by atoms with Gasteiger partial charge in [-0.25, -0.2) is 14.8 Å². The molecule has 1 aliphatic rings. The first-order chi connectivity index (χ1) is 13.9. The lowest BCUT2D eigenvalue weighted by Gasteiger charge is -2.14. The van der Waals surface area contributed by atoms with Crippen molar-refractivity contribution in [2.75, 3.05) is 11.5 Å². The molecule has 0 spiro atoms. The number of rotatable bonds is 4. The number of hydrogen-bond donors (Lipinski definition) is 3. The summed E-state index contributed by atoms with van der Waals surface area (Å²) in [6.45, 7) is 2.06. The number of carboxylic acids is 1. The summed E-state index contributed by atoms with van der Waals surface area (Å²) in [6.07, 6.45) is 4.86. The number of nitrogens with zero attached hydrogens (tertiary/aromatic N) is 2. The van der Waals surface area contributed by atoms with Crippen molar-refractivity contribution in [3.8, 4) is 22.5 Å². The third-order valence-electron chi connectivity index (χ3n) is 4.85. The van der Waals surface area contributed by atoms with Gasteiger partial charge in [-0.2, -0.15) is 0 Å². The molecule has 1 aromatic heterocycles. The quantitative estimate of drug-likeness (QED) is 0.574. The number of benzene rings is 2. The van der Waals surface area contributed by atoms with E-state index in [1.807, 2.05) is 30.3 Å². The largest absolute Gasteiger partial charge is 0.478 e. The van der Waals surface area contributed by atoms with Gasteiger partial charge in [0.05, 0.1) is 17.0 Å². The van der Waals surface area contributed by atoms with Gasteiger partial charge in [-0.05, 0) is 43.2 Å². The van der Waals surface area contributed by atoms with Crippen molar-refractivity contribution >= 4 is 23.0 Å². The molecule has 0 bridgehead atoms. The minimum Gasteiger partial charge on any atom is -0.478 e. The summed E-state index contributed by atoms with van der Waals surface area (Å²) in [5.74, 6) is -0.636.